The summed E-state index contributed by atoms with van der Waals surface area (Å²) in [5.74, 6) is 0.565. The van der Waals surface area contributed by atoms with E-state index in [0.29, 0.717) is 5.92 Å². The summed E-state index contributed by atoms with van der Waals surface area (Å²) in [6.07, 6.45) is 1.02. The van der Waals surface area contributed by atoms with Crippen LogP contribution in [0.5, 0.6) is 0 Å². The fraction of sp³-hybridized carbons (Fsp3) is 0.727. The molecule has 1 aromatic heterocycles. The van der Waals surface area contributed by atoms with Crippen molar-refractivity contribution in [2.75, 3.05) is 13.6 Å². The van der Waals surface area contributed by atoms with E-state index in [9.17, 15) is 0 Å². The van der Waals surface area contributed by atoms with Crippen molar-refractivity contribution in [3.63, 3.8) is 0 Å². The molecule has 0 aliphatic carbocycles. The van der Waals surface area contributed by atoms with Crippen molar-refractivity contribution >= 4 is 0 Å². The van der Waals surface area contributed by atoms with Crippen LogP contribution in [0.2, 0.25) is 0 Å². The monoisotopic (exact) mass is 195 g/mol. The summed E-state index contributed by atoms with van der Waals surface area (Å²) in [5, 5.41) is 7.71. The Labute approximate surface area is 86.5 Å². The van der Waals surface area contributed by atoms with Crippen LogP contribution in [0, 0.1) is 6.92 Å². The van der Waals surface area contributed by atoms with Crippen LogP contribution < -0.4 is 5.32 Å². The summed E-state index contributed by atoms with van der Waals surface area (Å²) in [6.45, 7) is 7.60. The van der Waals surface area contributed by atoms with Crippen molar-refractivity contribution in [2.24, 2.45) is 7.05 Å². The molecular weight excluding hydrogens is 174 g/mol. The van der Waals surface area contributed by atoms with Crippen LogP contribution in [0.4, 0.5) is 0 Å². The van der Waals surface area contributed by atoms with Gasteiger partial charge in [0.15, 0.2) is 0 Å². The molecule has 0 saturated carbocycles. The molecule has 80 valence electrons. The van der Waals surface area contributed by atoms with Crippen LogP contribution in [-0.4, -0.2) is 23.4 Å². The first kappa shape index (κ1) is 11.2. The molecule has 1 heterocycles. The van der Waals surface area contributed by atoms with Gasteiger partial charge in [0.25, 0.3) is 0 Å². The van der Waals surface area contributed by atoms with Gasteiger partial charge >= 0.3 is 0 Å². The Balaban J connectivity index is 2.96. The molecular formula is C11H21N3. The van der Waals surface area contributed by atoms with Gasteiger partial charge in [0, 0.05) is 25.7 Å². The normalized spacial score (nSPS) is 11.3. The van der Waals surface area contributed by atoms with Crippen molar-refractivity contribution in [1.82, 2.24) is 15.1 Å². The minimum Gasteiger partial charge on any atom is -0.319 e. The van der Waals surface area contributed by atoms with Gasteiger partial charge in [-0.15, -0.1) is 0 Å². The van der Waals surface area contributed by atoms with Gasteiger partial charge in [-0.2, -0.15) is 5.10 Å². The first-order valence-electron chi connectivity index (χ1n) is 5.24. The highest BCUT2D eigenvalue weighted by molar-refractivity contribution is 5.28. The molecule has 1 N–H and O–H groups in total. The molecule has 0 spiro atoms. The summed E-state index contributed by atoms with van der Waals surface area (Å²) < 4.78 is 1.99. The molecule has 0 aliphatic rings. The van der Waals surface area contributed by atoms with E-state index in [4.69, 9.17) is 0 Å². The molecule has 0 unspecified atom stereocenters. The zero-order chi connectivity index (χ0) is 10.7. The Kier molecular flexibility index (Phi) is 3.69. The molecule has 0 bridgehead atoms. The average Bonchev–Trinajstić information content (AvgIpc) is 2.39. The quantitative estimate of drug-likeness (QED) is 0.791. The fourth-order valence-electron chi connectivity index (χ4n) is 1.87. The Bertz CT molecular complexity index is 300. The zero-order valence-corrected chi connectivity index (χ0v) is 9.89. The first-order chi connectivity index (χ1) is 6.57. The predicted octanol–water partition coefficient (Wildman–Crippen LogP) is 1.61. The molecule has 0 fully saturated rings. The SMILES string of the molecule is CNCCc1nn(C)c(C)c1C(C)C. The number of hydrogen-bond acceptors (Lipinski definition) is 2. The number of aryl methyl sites for hydroxylation is 1. The van der Waals surface area contributed by atoms with Crippen LogP contribution in [-0.2, 0) is 13.5 Å². The molecule has 3 heteroatoms. The van der Waals surface area contributed by atoms with Crippen molar-refractivity contribution in [3.8, 4) is 0 Å². The number of aromatic nitrogens is 2. The molecule has 1 rings (SSSR count). The number of likely N-dealkylation sites (N-methyl/N-ethyl adjacent to an activating group) is 1. The third-order valence-corrected chi connectivity index (χ3v) is 2.65. The van der Waals surface area contributed by atoms with Gasteiger partial charge in [0.2, 0.25) is 0 Å². The summed E-state index contributed by atoms with van der Waals surface area (Å²) in [6, 6.07) is 0. The van der Waals surface area contributed by atoms with Gasteiger partial charge in [-0.25, -0.2) is 0 Å². The van der Waals surface area contributed by atoms with Gasteiger partial charge in [-0.05, 0) is 25.5 Å². The van der Waals surface area contributed by atoms with Gasteiger partial charge in [0.05, 0.1) is 5.69 Å². The highest BCUT2D eigenvalue weighted by Crippen LogP contribution is 2.22. The number of hydrogen-bond donors (Lipinski definition) is 1. The third kappa shape index (κ3) is 2.15. The van der Waals surface area contributed by atoms with E-state index < -0.39 is 0 Å². The lowest BCUT2D eigenvalue weighted by atomic mass is 9.99. The maximum absolute atomic E-state index is 4.55. The molecule has 1 aromatic rings. The maximum Gasteiger partial charge on any atom is 0.0674 e. The third-order valence-electron chi connectivity index (χ3n) is 2.65. The Morgan fingerprint density at radius 3 is 2.57 bits per heavy atom. The van der Waals surface area contributed by atoms with Crippen LogP contribution in [0.3, 0.4) is 0 Å². The summed E-state index contributed by atoms with van der Waals surface area (Å²) in [5.41, 5.74) is 3.96. The van der Waals surface area contributed by atoms with E-state index >= 15 is 0 Å². The minimum atomic E-state index is 0.565. The standard InChI is InChI=1S/C11H21N3/c1-8(2)11-9(3)14(5)13-10(11)6-7-12-4/h8,12H,6-7H2,1-5H3. The lowest BCUT2D eigenvalue weighted by Gasteiger charge is -2.06. The van der Waals surface area contributed by atoms with E-state index in [1.807, 2.05) is 18.8 Å². The summed E-state index contributed by atoms with van der Waals surface area (Å²) in [7, 11) is 3.99. The Morgan fingerprint density at radius 1 is 1.43 bits per heavy atom. The second kappa shape index (κ2) is 4.60. The zero-order valence-electron chi connectivity index (χ0n) is 9.89. The molecule has 0 amide bonds. The van der Waals surface area contributed by atoms with Crippen molar-refractivity contribution < 1.29 is 0 Å². The summed E-state index contributed by atoms with van der Waals surface area (Å²) in [4.78, 5) is 0. The lowest BCUT2D eigenvalue weighted by Crippen LogP contribution is -2.12. The highest BCUT2D eigenvalue weighted by atomic mass is 15.3. The van der Waals surface area contributed by atoms with E-state index in [1.54, 1.807) is 0 Å². The van der Waals surface area contributed by atoms with Crippen LogP contribution in [0.1, 0.15) is 36.7 Å². The van der Waals surface area contributed by atoms with Crippen LogP contribution in [0.15, 0.2) is 0 Å². The van der Waals surface area contributed by atoms with Crippen LogP contribution >= 0.6 is 0 Å². The van der Waals surface area contributed by atoms with Gasteiger partial charge in [-0.3, -0.25) is 4.68 Å². The smallest absolute Gasteiger partial charge is 0.0674 e. The van der Waals surface area contributed by atoms with Crippen molar-refractivity contribution in [2.45, 2.75) is 33.1 Å². The predicted molar refractivity (Wildman–Crippen MR) is 59.7 cm³/mol. The molecule has 0 radical (unpaired) electrons. The molecule has 3 nitrogen and oxygen atoms in total. The van der Waals surface area contributed by atoms with E-state index in [1.165, 1.54) is 17.0 Å². The maximum atomic E-state index is 4.55. The highest BCUT2D eigenvalue weighted by Gasteiger charge is 2.14. The van der Waals surface area contributed by atoms with Crippen molar-refractivity contribution in [3.05, 3.63) is 17.0 Å². The van der Waals surface area contributed by atoms with Gasteiger partial charge < -0.3 is 5.32 Å². The average molecular weight is 195 g/mol. The summed E-state index contributed by atoms with van der Waals surface area (Å²) >= 11 is 0. The van der Waals surface area contributed by atoms with E-state index in [2.05, 4.69) is 31.2 Å². The fourth-order valence-corrected chi connectivity index (χ4v) is 1.87. The Morgan fingerprint density at radius 2 is 2.07 bits per heavy atom. The van der Waals surface area contributed by atoms with Crippen LogP contribution in [0.25, 0.3) is 0 Å². The van der Waals surface area contributed by atoms with Crippen molar-refractivity contribution in [1.29, 1.82) is 0 Å². The molecule has 0 aromatic carbocycles. The molecule has 0 aliphatic heterocycles. The van der Waals surface area contributed by atoms with E-state index in [0.717, 1.165) is 13.0 Å². The largest absolute Gasteiger partial charge is 0.319 e. The second-order valence-corrected chi connectivity index (χ2v) is 4.08. The van der Waals surface area contributed by atoms with Gasteiger partial charge in [0.1, 0.15) is 0 Å². The lowest BCUT2D eigenvalue weighted by molar-refractivity contribution is 0.703. The number of nitrogens with zero attached hydrogens (tertiary/aromatic N) is 2. The molecule has 14 heavy (non-hydrogen) atoms. The molecule has 0 saturated heterocycles. The second-order valence-electron chi connectivity index (χ2n) is 4.08. The van der Waals surface area contributed by atoms with E-state index in [-0.39, 0.29) is 0 Å². The number of rotatable bonds is 4. The van der Waals surface area contributed by atoms with Gasteiger partial charge in [-0.1, -0.05) is 13.8 Å². The topological polar surface area (TPSA) is 29.9 Å². The Hall–Kier alpha value is -0.830. The molecule has 0 atom stereocenters. The first-order valence-corrected chi connectivity index (χ1v) is 5.24. The minimum absolute atomic E-state index is 0.565. The number of nitrogens with one attached hydrogen (secondary N) is 1.